The summed E-state index contributed by atoms with van der Waals surface area (Å²) in [5, 5.41) is 3.80. The number of anilines is 1. The van der Waals surface area contributed by atoms with Crippen molar-refractivity contribution >= 4 is 39.0 Å². The van der Waals surface area contributed by atoms with E-state index >= 15 is 0 Å². The molecule has 2 aromatic carbocycles. The predicted molar refractivity (Wildman–Crippen MR) is 104 cm³/mol. The van der Waals surface area contributed by atoms with E-state index < -0.39 is 0 Å². The van der Waals surface area contributed by atoms with Crippen molar-refractivity contribution in [3.63, 3.8) is 0 Å². The molecule has 0 atom stereocenters. The molecule has 0 bridgehead atoms. The number of hydrogen-bond acceptors (Lipinski definition) is 4. The van der Waals surface area contributed by atoms with Crippen LogP contribution in [0.4, 0.5) is 5.69 Å². The smallest absolute Gasteiger partial charge is 0.261 e. The van der Waals surface area contributed by atoms with Gasteiger partial charge in [-0.15, -0.1) is 0 Å². The molecule has 27 heavy (non-hydrogen) atoms. The molecule has 130 valence electrons. The molecule has 0 saturated heterocycles. The van der Waals surface area contributed by atoms with E-state index in [1.807, 2.05) is 54.2 Å². The number of benzene rings is 2. The molecule has 4 aromatic rings. The van der Waals surface area contributed by atoms with Gasteiger partial charge >= 0.3 is 0 Å². The number of ketones is 1. The molecule has 2 heterocycles. The van der Waals surface area contributed by atoms with Gasteiger partial charge in [-0.2, -0.15) is 4.37 Å². The van der Waals surface area contributed by atoms with Crippen LogP contribution in [0.25, 0.3) is 21.3 Å². The first-order chi connectivity index (χ1) is 13.1. The van der Waals surface area contributed by atoms with E-state index in [9.17, 15) is 9.59 Å². The van der Waals surface area contributed by atoms with Crippen molar-refractivity contribution in [1.29, 1.82) is 0 Å². The largest absolute Gasteiger partial charge is 0.321 e. The monoisotopic (exact) mass is 372 g/mol. The molecule has 5 rings (SSSR count). The highest BCUT2D eigenvalue weighted by Gasteiger charge is 2.30. The molecule has 2 aromatic heterocycles. The lowest BCUT2D eigenvalue weighted by Gasteiger charge is -2.18. The second-order valence-corrected chi connectivity index (χ2v) is 7.28. The maximum absolute atomic E-state index is 13.2. The number of nitrogens with one attached hydrogen (secondary N) is 1. The zero-order chi connectivity index (χ0) is 18.5. The molecule has 0 fully saturated rings. The fourth-order valence-electron chi connectivity index (χ4n) is 3.51. The van der Waals surface area contributed by atoms with Crippen molar-refractivity contribution in [3.05, 3.63) is 77.6 Å². The minimum Gasteiger partial charge on any atom is -0.321 e. The van der Waals surface area contributed by atoms with Crippen LogP contribution >= 0.6 is 11.5 Å². The van der Waals surface area contributed by atoms with E-state index in [1.54, 1.807) is 18.3 Å². The van der Waals surface area contributed by atoms with Crippen LogP contribution in [0.15, 0.2) is 60.9 Å². The fraction of sp³-hybridized carbons (Fsp3) is 0.0476. The third-order valence-corrected chi connectivity index (χ3v) is 5.55. The van der Waals surface area contributed by atoms with Gasteiger partial charge < -0.3 is 5.32 Å². The summed E-state index contributed by atoms with van der Waals surface area (Å²) in [5.74, 6) is -0.340. The van der Waals surface area contributed by atoms with Crippen LogP contribution in [-0.4, -0.2) is 16.1 Å². The molecule has 0 saturated carbocycles. The van der Waals surface area contributed by atoms with Crippen LogP contribution in [0, 0.1) is 0 Å². The van der Waals surface area contributed by atoms with Crippen molar-refractivity contribution in [1.82, 2.24) is 4.37 Å². The van der Waals surface area contributed by atoms with Crippen molar-refractivity contribution in [3.8, 4) is 11.3 Å². The number of aromatic nitrogens is 2. The highest BCUT2D eigenvalue weighted by Crippen LogP contribution is 2.42. The summed E-state index contributed by atoms with van der Waals surface area (Å²) >= 11 is 1.38. The topological polar surface area (TPSA) is 62.9 Å². The van der Waals surface area contributed by atoms with Gasteiger partial charge in [-0.3, -0.25) is 9.59 Å². The summed E-state index contributed by atoms with van der Waals surface area (Å²) < 4.78 is 7.37. The average Bonchev–Trinajstić information content (AvgIpc) is 3.11. The van der Waals surface area contributed by atoms with Gasteiger partial charge in [0.1, 0.15) is 12.6 Å². The molecular weight excluding hydrogens is 358 g/mol. The summed E-state index contributed by atoms with van der Waals surface area (Å²) in [4.78, 5) is 25.9. The molecule has 5 nitrogen and oxygen atoms in total. The molecule has 1 amide bonds. The quantitative estimate of drug-likeness (QED) is 0.482. The van der Waals surface area contributed by atoms with E-state index in [0.29, 0.717) is 22.4 Å². The van der Waals surface area contributed by atoms with Crippen molar-refractivity contribution in [2.24, 2.45) is 7.05 Å². The second-order valence-electron chi connectivity index (χ2n) is 6.48. The number of carbonyl (C=O) groups excluding carboxylic acids is 2. The predicted octanol–water partition coefficient (Wildman–Crippen LogP) is 3.58. The van der Waals surface area contributed by atoms with E-state index in [1.165, 1.54) is 11.5 Å². The Balaban J connectivity index is 1.64. The number of fused-ring (bicyclic) bond motifs is 2. The number of carbonyl (C=O) groups is 2. The second kappa shape index (κ2) is 5.82. The Morgan fingerprint density at radius 2 is 1.89 bits per heavy atom. The minimum atomic E-state index is -0.255. The Hall–Kier alpha value is -3.38. The molecule has 0 spiro atoms. The molecule has 0 unspecified atom stereocenters. The SMILES string of the molecule is C[n+]1cccc(C(=O)Nc2cccc3c2C(=O)c2cccc4snc-3c24)c1. The first kappa shape index (κ1) is 15.8. The number of rotatable bonds is 2. The summed E-state index contributed by atoms with van der Waals surface area (Å²) in [7, 11) is 1.86. The van der Waals surface area contributed by atoms with E-state index in [-0.39, 0.29) is 11.7 Å². The van der Waals surface area contributed by atoms with Gasteiger partial charge in [0, 0.05) is 22.6 Å². The lowest BCUT2D eigenvalue weighted by Crippen LogP contribution is -2.29. The highest BCUT2D eigenvalue weighted by atomic mass is 32.1. The molecule has 1 aliphatic carbocycles. The molecule has 0 aliphatic heterocycles. The summed E-state index contributed by atoms with van der Waals surface area (Å²) in [6.07, 6.45) is 3.60. The number of hydrogen-bond donors (Lipinski definition) is 1. The zero-order valence-corrected chi connectivity index (χ0v) is 15.2. The van der Waals surface area contributed by atoms with Crippen LogP contribution in [0.3, 0.4) is 0 Å². The van der Waals surface area contributed by atoms with Gasteiger partial charge in [0.2, 0.25) is 0 Å². The standard InChI is InChI=1S/C21H13N3O2S/c1-24-10-4-5-12(11-24)21(26)22-15-8-2-6-13-17(15)20(25)14-7-3-9-16-18(14)19(13)23-27-16/h2-11H,1H3/p+1. The summed E-state index contributed by atoms with van der Waals surface area (Å²) in [5.41, 5.74) is 3.74. The van der Waals surface area contributed by atoms with Gasteiger partial charge in [-0.1, -0.05) is 24.3 Å². The van der Waals surface area contributed by atoms with Gasteiger partial charge in [0.05, 0.1) is 21.6 Å². The molecule has 1 N–H and O–H groups in total. The molecule has 0 radical (unpaired) electrons. The minimum absolute atomic E-state index is 0.0854. The Morgan fingerprint density at radius 1 is 1.07 bits per heavy atom. The van der Waals surface area contributed by atoms with Gasteiger partial charge in [0.15, 0.2) is 18.2 Å². The highest BCUT2D eigenvalue weighted by molar-refractivity contribution is 7.13. The third kappa shape index (κ3) is 2.38. The molecule has 1 aliphatic rings. The zero-order valence-electron chi connectivity index (χ0n) is 14.4. The number of aryl methyl sites for hydroxylation is 1. The number of nitrogens with zero attached hydrogens (tertiary/aromatic N) is 2. The van der Waals surface area contributed by atoms with E-state index in [2.05, 4.69) is 9.69 Å². The van der Waals surface area contributed by atoms with Crippen LogP contribution in [-0.2, 0) is 7.05 Å². The van der Waals surface area contributed by atoms with Crippen LogP contribution < -0.4 is 9.88 Å². The summed E-state index contributed by atoms with van der Waals surface area (Å²) in [6.45, 7) is 0. The average molecular weight is 372 g/mol. The van der Waals surface area contributed by atoms with E-state index in [4.69, 9.17) is 0 Å². The Bertz CT molecular complexity index is 1260. The Morgan fingerprint density at radius 3 is 2.74 bits per heavy atom. The maximum Gasteiger partial charge on any atom is 0.261 e. The van der Waals surface area contributed by atoms with Crippen molar-refractivity contribution in [2.45, 2.75) is 0 Å². The Kier molecular flexibility index (Phi) is 3.42. The molecule has 6 heteroatoms. The van der Waals surface area contributed by atoms with Crippen LogP contribution in [0.1, 0.15) is 26.3 Å². The van der Waals surface area contributed by atoms with Crippen molar-refractivity contribution in [2.75, 3.05) is 5.32 Å². The van der Waals surface area contributed by atoms with Crippen molar-refractivity contribution < 1.29 is 14.2 Å². The first-order valence-corrected chi connectivity index (χ1v) is 9.24. The van der Waals surface area contributed by atoms with Gasteiger partial charge in [0.25, 0.3) is 5.91 Å². The van der Waals surface area contributed by atoms with E-state index in [0.717, 1.165) is 21.3 Å². The number of amides is 1. The maximum atomic E-state index is 13.2. The van der Waals surface area contributed by atoms with Gasteiger partial charge in [-0.05, 0) is 29.7 Å². The number of pyridine rings is 1. The lowest BCUT2D eigenvalue weighted by atomic mass is 9.86. The van der Waals surface area contributed by atoms with Gasteiger partial charge in [-0.25, -0.2) is 4.57 Å². The lowest BCUT2D eigenvalue weighted by molar-refractivity contribution is -0.671. The fourth-order valence-corrected chi connectivity index (χ4v) is 4.33. The van der Waals surface area contributed by atoms with Crippen LogP contribution in [0.5, 0.6) is 0 Å². The third-order valence-electron chi connectivity index (χ3n) is 4.74. The normalized spacial score (nSPS) is 12.1. The van der Waals surface area contributed by atoms with Crippen LogP contribution in [0.2, 0.25) is 0 Å². The Labute approximate surface area is 159 Å². The molecular formula is C21H14N3O2S+. The summed E-state index contributed by atoms with van der Waals surface area (Å²) in [6, 6.07) is 14.7. The first-order valence-electron chi connectivity index (χ1n) is 8.46.